The van der Waals surface area contributed by atoms with E-state index in [1.807, 2.05) is 0 Å². The van der Waals surface area contributed by atoms with Crippen molar-refractivity contribution in [3.05, 3.63) is 30.3 Å². The van der Waals surface area contributed by atoms with Crippen LogP contribution in [0.3, 0.4) is 0 Å². The number of hydrogen-bond donors (Lipinski definition) is 1. The number of benzene rings is 1. The molecular formula is C6H6O2PSe-. The predicted molar refractivity (Wildman–Crippen MR) is 41.7 cm³/mol. The molecular weight excluding hydrogens is 214 g/mol. The van der Waals surface area contributed by atoms with Gasteiger partial charge in [0.25, 0.3) is 0 Å². The first-order valence-electron chi connectivity index (χ1n) is 2.70. The summed E-state index contributed by atoms with van der Waals surface area (Å²) in [5, 5.41) is 0.454. The van der Waals surface area contributed by atoms with Crippen LogP contribution in [0.15, 0.2) is 30.3 Å². The minimum absolute atomic E-state index is 0.454. The van der Waals surface area contributed by atoms with E-state index in [0.717, 1.165) is 0 Å². The molecule has 0 fully saturated rings. The zero-order valence-corrected chi connectivity index (χ0v) is 7.71. The van der Waals surface area contributed by atoms with Gasteiger partial charge < -0.3 is 0 Å². The van der Waals surface area contributed by atoms with Crippen molar-refractivity contribution in [1.82, 2.24) is 0 Å². The molecule has 2 nitrogen and oxygen atoms in total. The molecule has 0 saturated carbocycles. The zero-order valence-electron chi connectivity index (χ0n) is 5.10. The molecule has 0 saturated heterocycles. The Hall–Kier alpha value is -0.0705. The Morgan fingerprint density at radius 2 is 1.80 bits per heavy atom. The van der Waals surface area contributed by atoms with Gasteiger partial charge in [0.05, 0.1) is 0 Å². The van der Waals surface area contributed by atoms with Gasteiger partial charge in [0.2, 0.25) is 0 Å². The Morgan fingerprint density at radius 1 is 1.30 bits per heavy atom. The monoisotopic (exact) mass is 221 g/mol. The van der Waals surface area contributed by atoms with Gasteiger partial charge in [-0.15, -0.1) is 0 Å². The fourth-order valence-corrected chi connectivity index (χ4v) is 1.93. The third-order valence-electron chi connectivity index (χ3n) is 1.08. The van der Waals surface area contributed by atoms with E-state index in [-0.39, 0.29) is 0 Å². The van der Waals surface area contributed by atoms with Gasteiger partial charge in [0, 0.05) is 0 Å². The summed E-state index contributed by atoms with van der Waals surface area (Å²) in [4.78, 5) is 8.99. The van der Waals surface area contributed by atoms with Crippen molar-refractivity contribution in [2.24, 2.45) is 0 Å². The van der Waals surface area contributed by atoms with Crippen molar-refractivity contribution < 1.29 is 9.46 Å². The van der Waals surface area contributed by atoms with Gasteiger partial charge in [-0.05, 0) is 0 Å². The van der Waals surface area contributed by atoms with Crippen LogP contribution in [0, 0.1) is 0 Å². The molecule has 0 bridgehead atoms. The molecule has 0 radical (unpaired) electrons. The van der Waals surface area contributed by atoms with E-state index in [2.05, 4.69) is 15.6 Å². The first kappa shape index (κ1) is 8.03. The summed E-state index contributed by atoms with van der Waals surface area (Å²) in [5.41, 5.74) is 0. The van der Waals surface area contributed by atoms with Crippen molar-refractivity contribution in [2.45, 2.75) is 0 Å². The van der Waals surface area contributed by atoms with Crippen LogP contribution in [-0.4, -0.2) is 20.5 Å². The standard InChI is InChI=1S/C6H7O2PSe/c7-9(8,10)6-4-2-1-3-5-6/h1-5H,(H2,7,8,10)/p-1. The van der Waals surface area contributed by atoms with Gasteiger partial charge in [0.1, 0.15) is 0 Å². The van der Waals surface area contributed by atoms with Crippen molar-refractivity contribution in [3.63, 3.8) is 0 Å². The average Bonchev–Trinajstić information content (AvgIpc) is 1.88. The zero-order chi connectivity index (χ0) is 7.61. The first-order chi connectivity index (χ1) is 4.61. The molecule has 0 aliphatic carbocycles. The molecule has 1 aromatic rings. The second-order valence-electron chi connectivity index (χ2n) is 1.86. The summed E-state index contributed by atoms with van der Waals surface area (Å²) in [6.45, 7) is 0. The van der Waals surface area contributed by atoms with Crippen molar-refractivity contribution in [2.75, 3.05) is 0 Å². The molecule has 1 N–H and O–H groups in total. The fourth-order valence-electron chi connectivity index (χ4n) is 0.616. The fraction of sp³-hybridized carbons (Fsp3) is 0. The van der Waals surface area contributed by atoms with Crippen molar-refractivity contribution in [1.29, 1.82) is 0 Å². The van der Waals surface area contributed by atoms with Gasteiger partial charge in [-0.3, -0.25) is 0 Å². The molecule has 0 aromatic heterocycles. The van der Waals surface area contributed by atoms with Gasteiger partial charge >= 0.3 is 66.7 Å². The van der Waals surface area contributed by atoms with Crippen molar-refractivity contribution >= 4 is 26.9 Å². The molecule has 1 aromatic carbocycles. The van der Waals surface area contributed by atoms with E-state index >= 15 is 0 Å². The molecule has 1 rings (SSSR count). The Morgan fingerprint density at radius 3 is 2.10 bits per heavy atom. The van der Waals surface area contributed by atoms with E-state index < -0.39 is 6.06 Å². The predicted octanol–water partition coefficient (Wildman–Crippen LogP) is 0.666. The summed E-state index contributed by atoms with van der Waals surface area (Å²) >= 11 is 2.24. The Bertz CT molecular complexity index is 254. The molecule has 0 aliphatic rings. The Labute approximate surface area is 67.1 Å². The molecule has 4 heteroatoms. The van der Waals surface area contributed by atoms with Crippen LogP contribution in [0.5, 0.6) is 0 Å². The van der Waals surface area contributed by atoms with Crippen LogP contribution in [0.4, 0.5) is 0 Å². The molecule has 0 aliphatic heterocycles. The van der Waals surface area contributed by atoms with Crippen LogP contribution in [0.2, 0.25) is 0 Å². The molecule has 10 heavy (non-hydrogen) atoms. The Balaban J connectivity index is 3.09. The second kappa shape index (κ2) is 2.89. The summed E-state index contributed by atoms with van der Waals surface area (Å²) in [5.74, 6) is 0. The third-order valence-corrected chi connectivity index (χ3v) is 3.36. The van der Waals surface area contributed by atoms with Crippen LogP contribution in [0.1, 0.15) is 0 Å². The summed E-state index contributed by atoms with van der Waals surface area (Å²) in [6.07, 6.45) is 0. The second-order valence-corrected chi connectivity index (χ2v) is 6.53. The van der Waals surface area contributed by atoms with Crippen LogP contribution < -0.4 is 5.30 Å². The van der Waals surface area contributed by atoms with Gasteiger partial charge in [0.15, 0.2) is 0 Å². The van der Waals surface area contributed by atoms with E-state index in [1.165, 1.54) is 0 Å². The number of hydrogen-bond acceptors (Lipinski definition) is 1. The summed E-state index contributed by atoms with van der Waals surface area (Å²) in [6, 6.07) is 5.37. The minimum atomic E-state index is -3.14. The van der Waals surface area contributed by atoms with E-state index in [9.17, 15) is 4.57 Å². The molecule has 0 amide bonds. The molecule has 0 spiro atoms. The quantitative estimate of drug-likeness (QED) is 0.557. The van der Waals surface area contributed by atoms with Gasteiger partial charge in [-0.25, -0.2) is 0 Å². The van der Waals surface area contributed by atoms with E-state index in [1.54, 1.807) is 30.3 Å². The summed E-state index contributed by atoms with van der Waals surface area (Å²) in [7, 11) is 0. The Kier molecular flexibility index (Phi) is 2.32. The maximum atomic E-state index is 10.9. The van der Waals surface area contributed by atoms with Gasteiger partial charge in [-0.1, -0.05) is 0 Å². The normalized spacial score (nSPS) is 16.2. The summed E-state index contributed by atoms with van der Waals surface area (Å²) < 4.78 is 10.9. The van der Waals surface area contributed by atoms with Gasteiger partial charge in [-0.2, -0.15) is 0 Å². The number of rotatable bonds is 1. The maximum absolute atomic E-state index is 10.9. The molecule has 1 atom stereocenters. The van der Waals surface area contributed by atoms with Crippen LogP contribution in [-0.2, 0) is 4.57 Å². The molecule has 0 heterocycles. The van der Waals surface area contributed by atoms with E-state index in [4.69, 9.17) is 4.89 Å². The van der Waals surface area contributed by atoms with Crippen LogP contribution >= 0.6 is 6.06 Å². The first-order valence-corrected chi connectivity index (χ1v) is 6.58. The average molecular weight is 220 g/mol. The third kappa shape index (κ3) is 1.96. The van der Waals surface area contributed by atoms with Crippen LogP contribution in [0.25, 0.3) is 0 Å². The van der Waals surface area contributed by atoms with Crippen molar-refractivity contribution in [3.8, 4) is 0 Å². The topological polar surface area (TPSA) is 37.3 Å². The molecule has 54 valence electrons. The SMILES string of the molecule is O=P(O)([Se-])c1ccccc1. The van der Waals surface area contributed by atoms with E-state index in [0.29, 0.717) is 5.30 Å². The molecule has 1 unspecified atom stereocenters.